The number of nitrogens with one attached hydrogen (secondary N) is 10. The van der Waals surface area contributed by atoms with Gasteiger partial charge in [-0.1, -0.05) is 97.1 Å². The zero-order chi connectivity index (χ0) is 71.8. The number of nitrogens with zero attached hydrogens (tertiary/aromatic N) is 4. The number of guanidine groups is 2. The van der Waals surface area contributed by atoms with Crippen molar-refractivity contribution in [2.75, 3.05) is 44.4 Å². The van der Waals surface area contributed by atoms with Gasteiger partial charge < -0.3 is 90.0 Å². The summed E-state index contributed by atoms with van der Waals surface area (Å²) in [4.78, 5) is 167. The Morgan fingerprint density at radius 2 is 1.02 bits per heavy atom. The largest absolute Gasteiger partial charge is 0.392 e. The van der Waals surface area contributed by atoms with Crippen molar-refractivity contribution in [1.82, 2.24) is 62.3 Å². The first-order chi connectivity index (χ1) is 48.6. The fourth-order valence-electron chi connectivity index (χ4n) is 13.3. The lowest BCUT2D eigenvalue weighted by molar-refractivity contribution is -0.140. The third-order valence-corrected chi connectivity index (χ3v) is 20.9. The number of aromatic nitrogens is 2. The van der Waals surface area contributed by atoms with Gasteiger partial charge in [0.1, 0.15) is 53.5 Å². The second-order valence-electron chi connectivity index (χ2n) is 25.9. The summed E-state index contributed by atoms with van der Waals surface area (Å²) in [5, 5.41) is 45.9. The lowest BCUT2D eigenvalue weighted by Crippen LogP contribution is -2.64. The van der Waals surface area contributed by atoms with E-state index in [2.05, 4.69) is 62.5 Å². The minimum atomic E-state index is -2.16. The van der Waals surface area contributed by atoms with Gasteiger partial charge in [-0.05, 0) is 66.5 Å². The molecular formula is C69H86N18O12S2. The van der Waals surface area contributed by atoms with E-state index in [4.69, 9.17) is 22.9 Å². The van der Waals surface area contributed by atoms with Crippen molar-refractivity contribution in [2.45, 2.75) is 134 Å². The van der Waals surface area contributed by atoms with Gasteiger partial charge in [0.2, 0.25) is 41.4 Å². The third-order valence-electron chi connectivity index (χ3n) is 18.4. The molecule has 6 heterocycles. The molecule has 8 amide bonds. The van der Waals surface area contributed by atoms with Gasteiger partial charge in [0.05, 0.1) is 18.2 Å². The van der Waals surface area contributed by atoms with E-state index in [1.807, 2.05) is 30.3 Å². The number of aliphatic hydroxyl groups excluding tert-OH is 2. The van der Waals surface area contributed by atoms with Gasteiger partial charge >= 0.3 is 0 Å². The van der Waals surface area contributed by atoms with Crippen molar-refractivity contribution < 1.29 is 58.2 Å². The highest BCUT2D eigenvalue weighted by Crippen LogP contribution is 2.34. The van der Waals surface area contributed by atoms with Gasteiger partial charge in [-0.3, -0.25) is 63.4 Å². The van der Waals surface area contributed by atoms with Gasteiger partial charge in [0.25, 0.3) is 5.91 Å². The van der Waals surface area contributed by atoms with Crippen molar-refractivity contribution in [3.63, 3.8) is 0 Å². The number of aliphatic imine (C=N–C) groups is 2. The predicted octanol–water partition coefficient (Wildman–Crippen LogP) is -1.72. The van der Waals surface area contributed by atoms with Gasteiger partial charge in [0, 0.05) is 111 Å². The predicted molar refractivity (Wildman–Crippen MR) is 382 cm³/mol. The number of aromatic amines is 2. The van der Waals surface area contributed by atoms with E-state index in [1.165, 1.54) is 4.90 Å². The highest BCUT2D eigenvalue weighted by atomic mass is 32.2. The molecule has 4 aliphatic rings. The molecule has 0 aliphatic carbocycles. The number of hydrogen-bond acceptors (Lipinski definition) is 18. The van der Waals surface area contributed by atoms with E-state index in [9.17, 15) is 19.8 Å². The van der Waals surface area contributed by atoms with Crippen molar-refractivity contribution >= 4 is 117 Å². The number of benzene rings is 4. The number of fused-ring (bicyclic) bond motifs is 8. The lowest BCUT2D eigenvalue weighted by atomic mass is 9.90. The number of hydrogen-bond donors (Lipinski definition) is 16. The second kappa shape index (κ2) is 34.0. The van der Waals surface area contributed by atoms with Crippen molar-refractivity contribution in [3.8, 4) is 0 Å². The maximum atomic E-state index is 15.9. The Morgan fingerprint density at radius 1 is 0.545 bits per heavy atom. The van der Waals surface area contributed by atoms with E-state index in [-0.39, 0.29) is 101 Å². The van der Waals surface area contributed by atoms with E-state index < -0.39 is 137 Å². The molecule has 4 saturated heterocycles. The van der Waals surface area contributed by atoms with Crippen LogP contribution in [-0.4, -0.2) is 216 Å². The molecule has 101 heavy (non-hydrogen) atoms. The maximum absolute atomic E-state index is 15.9. The minimum absolute atomic E-state index is 0.00936. The van der Waals surface area contributed by atoms with Crippen LogP contribution in [0.3, 0.4) is 0 Å². The van der Waals surface area contributed by atoms with Gasteiger partial charge in [-0.15, -0.1) is 23.5 Å². The second-order valence-corrected chi connectivity index (χ2v) is 28.6. The maximum Gasteiger partial charge on any atom is 0.250 e. The Hall–Kier alpha value is -9.86. The van der Waals surface area contributed by atoms with Crippen LogP contribution >= 0.6 is 23.5 Å². The number of aldehydes is 2. The molecule has 0 radical (unpaired) electrons. The summed E-state index contributed by atoms with van der Waals surface area (Å²) in [5.74, 6) is -7.28. The molecule has 6 aromatic rings. The SMILES string of the molecule is NC(N)=NCCC[C@@H]1NC(=O)[C@@H](Cc2ccccc2)NC(=O)[C@@H]2C[C@@H](O)CN2C[C@]2(C=O)NC(=O)[C@H](Cc3c[nH]c4ccccc34)NC(=O)[C@H](CCCN=C(N)N)NC(=O)[C@@H](Cc3ccccc3)NC(=O)[C@@H]3C[C@@H](O)CN3C(=O)[C@@H](NC[C@](C=O)(Cc3c[nH]c4ccccc34)NC1=O)SCS2. The average Bonchev–Trinajstić information content (AvgIpc) is 1.73. The first-order valence-electron chi connectivity index (χ1n) is 33.4. The fraction of sp³-hybridized carbons (Fsp3) is 0.420. The zero-order valence-corrected chi connectivity index (χ0v) is 57.0. The summed E-state index contributed by atoms with van der Waals surface area (Å²) in [7, 11) is 0. The zero-order valence-electron chi connectivity index (χ0n) is 55.4. The Kier molecular flexibility index (Phi) is 24.9. The summed E-state index contributed by atoms with van der Waals surface area (Å²) >= 11 is 1.67. The molecular weight excluding hydrogens is 1340 g/mol. The Labute approximate surface area is 590 Å². The standard InChI is InChI=1S/C69H86N18O12S2/c70-66(71)74-23-11-21-50-57(92)81-54(27-42-31-76-48-19-9-7-17-46(42)48)61(96)85-69(38-89)36-86-33-44(90)28-55(86)62(97)82-52(25-40-13-3-1-4-14-40)59(94)80-51(22-12-24-75-67(72)73)60(95)84-68(37-88,30-43-32-77-49-20-10-8-18-47(43)49)35-78-64(100-39-101-69)65(99)87-34-45(91)29-56(87)63(98)83-53(58(93)79-50)26-41-15-5-2-6-16-41/h1-10,13-20,31-32,37-38,44-45,50-56,64,76-78,90-91H,11-12,21-30,33-36,39H2,(H,79,93)(H,80,94)(H,81,92)(H,82,97)(H,83,98)(H,84,95)(H,85,96)(H4,70,71,74)(H4,72,73,75)/t44-,45-,50+,51+,52-,53-,54+,55+,56+,64+,68+,69+/m1/s1. The van der Waals surface area contributed by atoms with Crippen LogP contribution in [0.2, 0.25) is 0 Å². The van der Waals surface area contributed by atoms with Crippen LogP contribution in [0, 0.1) is 0 Å². The molecule has 2 bridgehead atoms. The van der Waals surface area contributed by atoms with E-state index >= 15 is 38.4 Å². The van der Waals surface area contributed by atoms with Crippen LogP contribution in [0.1, 0.15) is 60.8 Å². The molecule has 30 nitrogen and oxygen atoms in total. The van der Waals surface area contributed by atoms with E-state index in [1.54, 1.807) is 91.3 Å². The highest BCUT2D eigenvalue weighted by Gasteiger charge is 2.48. The highest BCUT2D eigenvalue weighted by molar-refractivity contribution is 8.17. The number of amides is 8. The molecule has 0 unspecified atom stereocenters. The van der Waals surface area contributed by atoms with Crippen LogP contribution in [0.15, 0.2) is 132 Å². The molecule has 10 rings (SSSR count). The number of rotatable bonds is 18. The molecule has 536 valence electrons. The quantitative estimate of drug-likeness (QED) is 0.0197. The summed E-state index contributed by atoms with van der Waals surface area (Å²) in [6.45, 7) is -1.72. The fourth-order valence-corrected chi connectivity index (χ4v) is 15.9. The van der Waals surface area contributed by atoms with Gasteiger partial charge in [-0.2, -0.15) is 0 Å². The molecule has 32 heteroatoms. The van der Waals surface area contributed by atoms with Crippen molar-refractivity contribution in [2.24, 2.45) is 32.9 Å². The summed E-state index contributed by atoms with van der Waals surface area (Å²) in [6.07, 6.45) is 0.507. The normalized spacial score (nSPS) is 27.1. The van der Waals surface area contributed by atoms with Crippen LogP contribution in [0.4, 0.5) is 0 Å². The first-order valence-corrected chi connectivity index (χ1v) is 35.4. The Balaban J connectivity index is 1.12. The summed E-state index contributed by atoms with van der Waals surface area (Å²) in [6, 6.07) is 21.8. The summed E-state index contributed by atoms with van der Waals surface area (Å²) in [5.41, 5.74) is 24.4. The number of carbonyl (C=O) groups excluding carboxylic acids is 10. The molecule has 0 saturated carbocycles. The van der Waals surface area contributed by atoms with E-state index in [0.29, 0.717) is 56.6 Å². The molecule has 4 aromatic carbocycles. The number of carbonyl (C=O) groups is 10. The number of aliphatic hydroxyl groups is 2. The third kappa shape index (κ3) is 19.2. The smallest absolute Gasteiger partial charge is 0.250 e. The Morgan fingerprint density at radius 3 is 1.59 bits per heavy atom. The topological polar surface area (TPSA) is 474 Å². The average molecular weight is 1420 g/mol. The summed E-state index contributed by atoms with van der Waals surface area (Å²) < 4.78 is 0. The molecule has 4 fully saturated rings. The molecule has 4 aliphatic heterocycles. The minimum Gasteiger partial charge on any atom is -0.392 e. The Bertz CT molecular complexity index is 4020. The van der Waals surface area contributed by atoms with Crippen molar-refractivity contribution in [1.29, 1.82) is 0 Å². The number of thioether (sulfide) groups is 2. The molecule has 2 aromatic heterocycles. The van der Waals surface area contributed by atoms with E-state index in [0.717, 1.165) is 28.4 Å². The van der Waals surface area contributed by atoms with Gasteiger partial charge in [0.15, 0.2) is 23.1 Å². The van der Waals surface area contributed by atoms with Crippen LogP contribution in [0.25, 0.3) is 21.8 Å². The monoisotopic (exact) mass is 1420 g/mol. The van der Waals surface area contributed by atoms with Crippen LogP contribution < -0.4 is 65.5 Å². The van der Waals surface area contributed by atoms with Crippen LogP contribution in [-0.2, 0) is 73.6 Å². The lowest BCUT2D eigenvalue weighted by Gasteiger charge is -2.37. The van der Waals surface area contributed by atoms with Crippen LogP contribution in [0.5, 0.6) is 0 Å². The number of para-hydroxylation sites is 2. The molecule has 12 atom stereocenters. The number of H-pyrrole nitrogens is 2. The van der Waals surface area contributed by atoms with Crippen molar-refractivity contribution in [3.05, 3.63) is 144 Å². The molecule has 20 N–H and O–H groups in total. The van der Waals surface area contributed by atoms with Gasteiger partial charge in [-0.25, -0.2) is 0 Å². The molecule has 0 spiro atoms. The first kappa shape index (κ1) is 73.8. The number of nitrogens with two attached hydrogens (primary N) is 4.